The van der Waals surface area contributed by atoms with Crippen molar-refractivity contribution in [3.63, 3.8) is 0 Å². The number of nitrogens with zero attached hydrogens (tertiary/aromatic N) is 4. The fourth-order valence-electron chi connectivity index (χ4n) is 4.84. The number of halogens is 1. The summed E-state index contributed by atoms with van der Waals surface area (Å²) in [4.78, 5) is 11.3. The van der Waals surface area contributed by atoms with Crippen molar-refractivity contribution < 1.29 is 14.6 Å². The number of pyridine rings is 2. The van der Waals surface area contributed by atoms with Crippen LogP contribution in [-0.2, 0) is 0 Å². The lowest BCUT2D eigenvalue weighted by Crippen LogP contribution is -2.37. The van der Waals surface area contributed by atoms with Crippen LogP contribution in [0, 0.1) is 23.1 Å². The Labute approximate surface area is 214 Å². The lowest BCUT2D eigenvalue weighted by Gasteiger charge is -2.33. The fraction of sp³-hybridized carbons (Fsp3) is 0.276. The maximum absolute atomic E-state index is 14.9. The van der Waals surface area contributed by atoms with Crippen LogP contribution in [0.25, 0.3) is 22.0 Å². The molecule has 1 atom stereocenters. The third kappa shape index (κ3) is 5.59. The van der Waals surface area contributed by atoms with Crippen molar-refractivity contribution in [1.29, 1.82) is 5.26 Å². The number of aromatic nitrogens is 2. The molecule has 0 radical (unpaired) electrons. The number of hydrogen-bond acceptors (Lipinski definition) is 7. The molecule has 0 saturated carbocycles. The van der Waals surface area contributed by atoms with Gasteiger partial charge in [0.25, 0.3) is 0 Å². The lowest BCUT2D eigenvalue weighted by atomic mass is 9.89. The number of piperidine rings is 1. The predicted octanol–water partition coefficient (Wildman–Crippen LogP) is 4.79. The molecule has 0 spiro atoms. The van der Waals surface area contributed by atoms with Gasteiger partial charge in [0, 0.05) is 24.2 Å². The molecular formula is C29H28FN5O2. The summed E-state index contributed by atoms with van der Waals surface area (Å²) >= 11 is 0. The first-order chi connectivity index (χ1) is 18.0. The predicted molar refractivity (Wildman–Crippen MR) is 141 cm³/mol. The molecule has 2 aromatic carbocycles. The molecule has 7 nitrogen and oxygen atoms in total. The van der Waals surface area contributed by atoms with Gasteiger partial charge in [-0.1, -0.05) is 18.2 Å². The van der Waals surface area contributed by atoms with Crippen molar-refractivity contribution in [3.8, 4) is 17.2 Å². The minimum atomic E-state index is -0.672. The lowest BCUT2D eigenvalue weighted by molar-refractivity contribution is 0.0515. The highest BCUT2D eigenvalue weighted by Crippen LogP contribution is 2.31. The highest BCUT2D eigenvalue weighted by atomic mass is 19.1. The molecule has 3 N–H and O–H groups in total. The van der Waals surface area contributed by atoms with Crippen LogP contribution in [0.3, 0.4) is 0 Å². The van der Waals surface area contributed by atoms with Crippen LogP contribution in [0.4, 0.5) is 15.9 Å². The van der Waals surface area contributed by atoms with Gasteiger partial charge < -0.3 is 20.4 Å². The van der Waals surface area contributed by atoms with Crippen LogP contribution in [0.1, 0.15) is 30.2 Å². The number of likely N-dealkylation sites (tertiary alicyclic amines) is 1. The van der Waals surface area contributed by atoms with Gasteiger partial charge in [0.2, 0.25) is 0 Å². The Kier molecular flexibility index (Phi) is 7.37. The number of anilines is 2. The van der Waals surface area contributed by atoms with E-state index in [1.54, 1.807) is 42.6 Å². The van der Waals surface area contributed by atoms with Gasteiger partial charge in [-0.2, -0.15) is 5.26 Å². The Morgan fingerprint density at radius 1 is 1.08 bits per heavy atom. The Balaban J connectivity index is 1.32. The van der Waals surface area contributed by atoms with Crippen molar-refractivity contribution in [3.05, 3.63) is 83.9 Å². The number of aliphatic hydroxyl groups excluding tert-OH is 2. The summed E-state index contributed by atoms with van der Waals surface area (Å²) in [5, 5.41) is 33.1. The zero-order chi connectivity index (χ0) is 25.8. The van der Waals surface area contributed by atoms with Crippen molar-refractivity contribution in [2.75, 3.05) is 31.6 Å². The summed E-state index contributed by atoms with van der Waals surface area (Å²) < 4.78 is 14.9. The minimum absolute atomic E-state index is 0.112. The van der Waals surface area contributed by atoms with Crippen LogP contribution in [0.5, 0.6) is 0 Å². The van der Waals surface area contributed by atoms with E-state index in [0.29, 0.717) is 34.7 Å². The second-order valence-electron chi connectivity index (χ2n) is 9.36. The number of aliphatic hydroxyl groups is 2. The molecule has 188 valence electrons. The van der Waals surface area contributed by atoms with Gasteiger partial charge in [-0.25, -0.2) is 14.4 Å². The first-order valence-electron chi connectivity index (χ1n) is 12.4. The van der Waals surface area contributed by atoms with Crippen molar-refractivity contribution in [1.82, 2.24) is 14.9 Å². The Hall–Kier alpha value is -3.90. The largest absolute Gasteiger partial charge is 0.395 e. The standard InChI is InChI=1S/C29H28FN5O2/c30-24-15-22(21-3-1-2-19(14-21)17-31)4-6-25(24)34-28-16-27-23(18-32-28)5-7-26(33-27)29(37)20-8-10-35(11-9-20)12-13-36/h1-7,14-16,18,20,29,36-37H,8-13H2,(H,32,34). The molecule has 1 aliphatic heterocycles. The number of nitriles is 1. The summed E-state index contributed by atoms with van der Waals surface area (Å²) in [6.45, 7) is 2.51. The van der Waals surface area contributed by atoms with Crippen molar-refractivity contribution in [2.45, 2.75) is 18.9 Å². The monoisotopic (exact) mass is 497 g/mol. The van der Waals surface area contributed by atoms with Gasteiger partial charge in [0.15, 0.2) is 0 Å². The summed E-state index contributed by atoms with van der Waals surface area (Å²) in [7, 11) is 0. The van der Waals surface area contributed by atoms with E-state index < -0.39 is 11.9 Å². The zero-order valence-electron chi connectivity index (χ0n) is 20.3. The number of β-amino-alcohol motifs (C(OH)–C–C–N with tert-alkyl or cyclic N) is 1. The molecule has 4 aromatic rings. The van der Waals surface area contributed by atoms with Crippen LogP contribution >= 0.6 is 0 Å². The first kappa shape index (κ1) is 24.8. The van der Waals surface area contributed by atoms with Crippen LogP contribution in [-0.4, -0.2) is 51.3 Å². The molecule has 0 amide bonds. The molecule has 3 heterocycles. The maximum Gasteiger partial charge on any atom is 0.147 e. The van der Waals surface area contributed by atoms with Gasteiger partial charge in [-0.3, -0.25) is 0 Å². The van der Waals surface area contributed by atoms with E-state index in [9.17, 15) is 9.50 Å². The third-order valence-corrected chi connectivity index (χ3v) is 6.95. The van der Waals surface area contributed by atoms with E-state index in [1.807, 2.05) is 18.2 Å². The van der Waals surface area contributed by atoms with E-state index in [2.05, 4.69) is 21.3 Å². The molecule has 8 heteroatoms. The molecule has 1 saturated heterocycles. The summed E-state index contributed by atoms with van der Waals surface area (Å²) in [5.74, 6) is 0.120. The molecule has 5 rings (SSSR count). The molecule has 0 aliphatic carbocycles. The molecule has 2 aromatic heterocycles. The molecule has 37 heavy (non-hydrogen) atoms. The number of rotatable bonds is 7. The van der Waals surface area contributed by atoms with Gasteiger partial charge >= 0.3 is 0 Å². The summed E-state index contributed by atoms with van der Waals surface area (Å²) in [6, 6.07) is 19.5. The van der Waals surface area contributed by atoms with E-state index in [0.717, 1.165) is 36.9 Å². The van der Waals surface area contributed by atoms with Crippen LogP contribution < -0.4 is 5.32 Å². The average molecular weight is 498 g/mol. The SMILES string of the molecule is N#Cc1cccc(-c2ccc(Nc3cc4nc(C(O)C5CCN(CCO)CC5)ccc4cn3)c(F)c2)c1. The number of hydrogen-bond donors (Lipinski definition) is 3. The highest BCUT2D eigenvalue weighted by Gasteiger charge is 2.27. The van der Waals surface area contributed by atoms with Gasteiger partial charge in [0.05, 0.1) is 41.2 Å². The Morgan fingerprint density at radius 2 is 1.89 bits per heavy atom. The maximum atomic E-state index is 14.9. The number of benzene rings is 2. The Morgan fingerprint density at radius 3 is 2.65 bits per heavy atom. The topological polar surface area (TPSA) is 105 Å². The van der Waals surface area contributed by atoms with E-state index in [4.69, 9.17) is 15.4 Å². The van der Waals surface area contributed by atoms with Crippen molar-refractivity contribution >= 4 is 22.4 Å². The molecule has 0 bridgehead atoms. The van der Waals surface area contributed by atoms with Gasteiger partial charge in [-0.15, -0.1) is 0 Å². The van der Waals surface area contributed by atoms with Crippen LogP contribution in [0.15, 0.2) is 66.9 Å². The molecule has 1 aliphatic rings. The first-order valence-corrected chi connectivity index (χ1v) is 12.4. The molecular weight excluding hydrogens is 469 g/mol. The van der Waals surface area contributed by atoms with Crippen molar-refractivity contribution in [2.24, 2.45) is 5.92 Å². The summed E-state index contributed by atoms with van der Waals surface area (Å²) in [6.07, 6.45) is 2.70. The quantitative estimate of drug-likeness (QED) is 0.337. The van der Waals surface area contributed by atoms with Crippen LogP contribution in [0.2, 0.25) is 0 Å². The molecule has 1 unspecified atom stereocenters. The summed E-state index contributed by atoms with van der Waals surface area (Å²) in [5.41, 5.74) is 3.51. The number of nitrogens with one attached hydrogen (secondary N) is 1. The average Bonchev–Trinajstić information content (AvgIpc) is 2.94. The Bertz CT molecular complexity index is 1450. The van der Waals surface area contributed by atoms with E-state index in [1.165, 1.54) is 6.07 Å². The van der Waals surface area contributed by atoms with Gasteiger partial charge in [0.1, 0.15) is 11.6 Å². The highest BCUT2D eigenvalue weighted by molar-refractivity contribution is 5.81. The smallest absolute Gasteiger partial charge is 0.147 e. The second-order valence-corrected chi connectivity index (χ2v) is 9.36. The van der Waals surface area contributed by atoms with Gasteiger partial charge in [-0.05, 0) is 79.4 Å². The normalized spacial score (nSPS) is 15.4. The second kappa shape index (κ2) is 11.0. The zero-order valence-corrected chi connectivity index (χ0v) is 20.3. The minimum Gasteiger partial charge on any atom is -0.395 e. The number of fused-ring (bicyclic) bond motifs is 1. The molecule has 1 fully saturated rings. The third-order valence-electron chi connectivity index (χ3n) is 6.95. The fourth-order valence-corrected chi connectivity index (χ4v) is 4.84. The van der Waals surface area contributed by atoms with E-state index in [-0.39, 0.29) is 18.2 Å². The van der Waals surface area contributed by atoms with E-state index >= 15 is 0 Å².